The molecule has 0 aliphatic carbocycles. The van der Waals surface area contributed by atoms with E-state index in [2.05, 4.69) is 37.1 Å². The molecule has 2 heteroatoms. The molecule has 0 radical (unpaired) electrons. The second kappa shape index (κ2) is 4.77. The summed E-state index contributed by atoms with van der Waals surface area (Å²) in [6, 6.07) is 0.701. The van der Waals surface area contributed by atoms with Gasteiger partial charge in [-0.05, 0) is 20.8 Å². The quantitative estimate of drug-likeness (QED) is 0.612. The molecule has 1 heterocycles. The average Bonchev–Trinajstić information content (AvgIpc) is 2.04. The van der Waals surface area contributed by atoms with Crippen molar-refractivity contribution in [3.8, 4) is 0 Å². The molecular formula is C11H22N2. The molecule has 1 rings (SSSR count). The maximum absolute atomic E-state index is 3.95. The van der Waals surface area contributed by atoms with Crippen LogP contribution in [0, 0.1) is 0 Å². The highest BCUT2D eigenvalue weighted by molar-refractivity contribution is 4.93. The maximum Gasteiger partial charge on any atom is 0.0188 e. The van der Waals surface area contributed by atoms with Crippen LogP contribution < -0.4 is 0 Å². The van der Waals surface area contributed by atoms with Crippen LogP contribution in [0.15, 0.2) is 12.2 Å². The predicted molar refractivity (Wildman–Crippen MR) is 58.0 cm³/mol. The predicted octanol–water partition coefficient (Wildman–Crippen LogP) is 1.59. The van der Waals surface area contributed by atoms with Crippen LogP contribution in [0.4, 0.5) is 0 Å². The zero-order valence-corrected chi connectivity index (χ0v) is 9.21. The molecule has 0 saturated carbocycles. The van der Waals surface area contributed by atoms with E-state index in [9.17, 15) is 0 Å². The minimum atomic E-state index is 0.701. The lowest BCUT2D eigenvalue weighted by Crippen LogP contribution is -2.49. The van der Waals surface area contributed by atoms with Crippen molar-refractivity contribution in [3.05, 3.63) is 12.2 Å². The van der Waals surface area contributed by atoms with E-state index in [1.807, 2.05) is 0 Å². The van der Waals surface area contributed by atoms with Crippen LogP contribution in [0.5, 0.6) is 0 Å². The van der Waals surface area contributed by atoms with Crippen LogP contribution in [0.25, 0.3) is 0 Å². The summed E-state index contributed by atoms with van der Waals surface area (Å²) in [7, 11) is 0. The Hall–Kier alpha value is -0.340. The number of hydrogen-bond acceptors (Lipinski definition) is 2. The van der Waals surface area contributed by atoms with Crippen LogP contribution >= 0.6 is 0 Å². The molecule has 0 spiro atoms. The van der Waals surface area contributed by atoms with E-state index in [0.29, 0.717) is 6.04 Å². The van der Waals surface area contributed by atoms with Gasteiger partial charge in [-0.2, -0.15) is 0 Å². The summed E-state index contributed by atoms with van der Waals surface area (Å²) in [6.07, 6.45) is 0. The molecule has 1 aliphatic rings. The maximum atomic E-state index is 3.95. The van der Waals surface area contributed by atoms with Gasteiger partial charge in [-0.15, -0.1) is 0 Å². The lowest BCUT2D eigenvalue weighted by atomic mass is 10.2. The standard InChI is InChI=1S/C11H22N2/c1-10(2)9-12-5-7-13(8-6-12)11(3)4/h11H,1,5-9H2,2-4H3. The van der Waals surface area contributed by atoms with Crippen molar-refractivity contribution in [1.82, 2.24) is 9.80 Å². The summed E-state index contributed by atoms with van der Waals surface area (Å²) in [4.78, 5) is 5.02. The molecule has 0 unspecified atom stereocenters. The van der Waals surface area contributed by atoms with Crippen molar-refractivity contribution >= 4 is 0 Å². The summed E-state index contributed by atoms with van der Waals surface area (Å²) in [5.41, 5.74) is 1.28. The van der Waals surface area contributed by atoms with E-state index in [1.165, 1.54) is 31.8 Å². The molecule has 0 bridgehead atoms. The Balaban J connectivity index is 2.26. The minimum Gasteiger partial charge on any atom is -0.298 e. The first-order chi connectivity index (χ1) is 6.09. The van der Waals surface area contributed by atoms with Crippen LogP contribution in [0.3, 0.4) is 0 Å². The zero-order valence-electron chi connectivity index (χ0n) is 9.21. The van der Waals surface area contributed by atoms with Crippen LogP contribution in [-0.4, -0.2) is 48.6 Å². The van der Waals surface area contributed by atoms with Gasteiger partial charge < -0.3 is 0 Å². The smallest absolute Gasteiger partial charge is 0.0188 e. The Morgan fingerprint density at radius 3 is 2.15 bits per heavy atom. The first-order valence-corrected chi connectivity index (χ1v) is 5.20. The Bertz CT molecular complexity index is 167. The van der Waals surface area contributed by atoms with E-state index < -0.39 is 0 Å². The summed E-state index contributed by atoms with van der Waals surface area (Å²) >= 11 is 0. The van der Waals surface area contributed by atoms with Gasteiger partial charge >= 0.3 is 0 Å². The largest absolute Gasteiger partial charge is 0.298 e. The SMILES string of the molecule is C=C(C)CN1CCN(C(C)C)CC1. The monoisotopic (exact) mass is 182 g/mol. The van der Waals surface area contributed by atoms with Crippen molar-refractivity contribution in [3.63, 3.8) is 0 Å². The molecule has 76 valence electrons. The van der Waals surface area contributed by atoms with Crippen LogP contribution in [0.2, 0.25) is 0 Å². The number of piperazine rings is 1. The fourth-order valence-electron chi connectivity index (χ4n) is 1.82. The van der Waals surface area contributed by atoms with Gasteiger partial charge in [0.25, 0.3) is 0 Å². The number of rotatable bonds is 3. The molecule has 1 saturated heterocycles. The second-order valence-electron chi connectivity index (χ2n) is 4.36. The minimum absolute atomic E-state index is 0.701. The van der Waals surface area contributed by atoms with Gasteiger partial charge in [-0.3, -0.25) is 9.80 Å². The van der Waals surface area contributed by atoms with Gasteiger partial charge in [0.2, 0.25) is 0 Å². The fraction of sp³-hybridized carbons (Fsp3) is 0.818. The van der Waals surface area contributed by atoms with Gasteiger partial charge in [0.15, 0.2) is 0 Å². The average molecular weight is 182 g/mol. The Labute approximate surface area is 82.2 Å². The highest BCUT2D eigenvalue weighted by Gasteiger charge is 2.17. The van der Waals surface area contributed by atoms with Gasteiger partial charge in [-0.1, -0.05) is 12.2 Å². The molecule has 0 aromatic rings. The molecule has 0 atom stereocenters. The van der Waals surface area contributed by atoms with Crippen molar-refractivity contribution in [1.29, 1.82) is 0 Å². The normalized spacial score (nSPS) is 20.9. The third kappa shape index (κ3) is 3.49. The second-order valence-corrected chi connectivity index (χ2v) is 4.36. The van der Waals surface area contributed by atoms with Gasteiger partial charge in [0.05, 0.1) is 0 Å². The van der Waals surface area contributed by atoms with E-state index in [0.717, 1.165) is 6.54 Å². The van der Waals surface area contributed by atoms with Gasteiger partial charge in [0, 0.05) is 38.8 Å². The van der Waals surface area contributed by atoms with E-state index in [-0.39, 0.29) is 0 Å². The molecule has 0 aromatic heterocycles. The van der Waals surface area contributed by atoms with Crippen molar-refractivity contribution in [2.75, 3.05) is 32.7 Å². The van der Waals surface area contributed by atoms with E-state index in [1.54, 1.807) is 0 Å². The lowest BCUT2D eigenvalue weighted by Gasteiger charge is -2.36. The summed E-state index contributed by atoms with van der Waals surface area (Å²) in [5, 5.41) is 0. The molecule has 1 fully saturated rings. The third-order valence-electron chi connectivity index (χ3n) is 2.63. The first kappa shape index (κ1) is 10.7. The zero-order chi connectivity index (χ0) is 9.84. The molecule has 0 amide bonds. The number of nitrogens with zero attached hydrogens (tertiary/aromatic N) is 2. The molecule has 0 N–H and O–H groups in total. The molecule has 2 nitrogen and oxygen atoms in total. The van der Waals surface area contributed by atoms with Crippen LogP contribution in [-0.2, 0) is 0 Å². The fourth-order valence-corrected chi connectivity index (χ4v) is 1.82. The number of hydrogen-bond donors (Lipinski definition) is 0. The van der Waals surface area contributed by atoms with E-state index >= 15 is 0 Å². The molecule has 1 aliphatic heterocycles. The molecule has 13 heavy (non-hydrogen) atoms. The summed E-state index contributed by atoms with van der Waals surface area (Å²) < 4.78 is 0. The molecule has 0 aromatic carbocycles. The van der Waals surface area contributed by atoms with Crippen molar-refractivity contribution in [2.24, 2.45) is 0 Å². The Morgan fingerprint density at radius 1 is 1.23 bits per heavy atom. The van der Waals surface area contributed by atoms with Gasteiger partial charge in [-0.25, -0.2) is 0 Å². The summed E-state index contributed by atoms with van der Waals surface area (Å²) in [5.74, 6) is 0. The highest BCUT2D eigenvalue weighted by atomic mass is 15.3. The van der Waals surface area contributed by atoms with Crippen molar-refractivity contribution in [2.45, 2.75) is 26.8 Å². The third-order valence-corrected chi connectivity index (χ3v) is 2.63. The lowest BCUT2D eigenvalue weighted by molar-refractivity contribution is 0.115. The van der Waals surface area contributed by atoms with Crippen LogP contribution in [0.1, 0.15) is 20.8 Å². The topological polar surface area (TPSA) is 6.48 Å². The Morgan fingerprint density at radius 2 is 1.77 bits per heavy atom. The van der Waals surface area contributed by atoms with E-state index in [4.69, 9.17) is 0 Å². The molecular weight excluding hydrogens is 160 g/mol. The highest BCUT2D eigenvalue weighted by Crippen LogP contribution is 2.06. The first-order valence-electron chi connectivity index (χ1n) is 5.20. The van der Waals surface area contributed by atoms with Crippen molar-refractivity contribution < 1.29 is 0 Å². The van der Waals surface area contributed by atoms with Gasteiger partial charge in [0.1, 0.15) is 0 Å². The summed E-state index contributed by atoms with van der Waals surface area (Å²) in [6.45, 7) is 16.5. The Kier molecular flexibility index (Phi) is 3.94.